The van der Waals surface area contributed by atoms with Crippen LogP contribution in [0.3, 0.4) is 0 Å². The van der Waals surface area contributed by atoms with Gasteiger partial charge in [-0.15, -0.1) is 0 Å². The lowest BCUT2D eigenvalue weighted by atomic mass is 9.98. The van der Waals surface area contributed by atoms with E-state index in [2.05, 4.69) is 10.1 Å². The van der Waals surface area contributed by atoms with Crippen molar-refractivity contribution in [2.45, 2.75) is 63.9 Å². The molecule has 0 saturated carbocycles. The highest BCUT2D eigenvalue weighted by molar-refractivity contribution is 7.52. The second-order valence-electron chi connectivity index (χ2n) is 8.65. The van der Waals surface area contributed by atoms with E-state index in [0.29, 0.717) is 4.57 Å². The van der Waals surface area contributed by atoms with Crippen LogP contribution in [-0.2, 0) is 23.4 Å². The number of aromatic amines is 1. The highest BCUT2D eigenvalue weighted by Gasteiger charge is 2.56. The van der Waals surface area contributed by atoms with Gasteiger partial charge in [0.2, 0.25) is 0 Å². The first-order chi connectivity index (χ1) is 16.8. The van der Waals surface area contributed by atoms with Gasteiger partial charge in [-0.05, 0) is 39.8 Å². The van der Waals surface area contributed by atoms with Gasteiger partial charge in [-0.1, -0.05) is 18.2 Å². The summed E-state index contributed by atoms with van der Waals surface area (Å²) in [4.78, 5) is 38.8. The van der Waals surface area contributed by atoms with Gasteiger partial charge in [0, 0.05) is 12.3 Å². The van der Waals surface area contributed by atoms with Crippen LogP contribution in [0.2, 0.25) is 0 Å². The minimum Gasteiger partial charge on any atom is -0.462 e. The number of benzene rings is 1. The third kappa shape index (κ3) is 6.29. The Balaban J connectivity index is 1.81. The van der Waals surface area contributed by atoms with E-state index >= 15 is 4.39 Å². The molecule has 1 aromatic carbocycles. The Bertz CT molecular complexity index is 1190. The van der Waals surface area contributed by atoms with Crippen LogP contribution in [-0.4, -0.2) is 57.3 Å². The van der Waals surface area contributed by atoms with Crippen LogP contribution in [0, 0.1) is 0 Å². The number of nitrogens with one attached hydrogen (secondary N) is 2. The molecular formula is C22H29FN3O9P. The first-order valence-electron chi connectivity index (χ1n) is 11.1. The molecule has 2 aromatic rings. The smallest absolute Gasteiger partial charge is 0.459 e. The van der Waals surface area contributed by atoms with Gasteiger partial charge in [-0.3, -0.25) is 14.1 Å². The highest BCUT2D eigenvalue weighted by Crippen LogP contribution is 2.47. The Morgan fingerprint density at radius 1 is 1.28 bits per heavy atom. The maximum absolute atomic E-state index is 15.4. The lowest BCUT2D eigenvalue weighted by Crippen LogP contribution is -2.46. The molecule has 2 heterocycles. The van der Waals surface area contributed by atoms with E-state index in [9.17, 15) is 24.1 Å². The number of para-hydroxylation sites is 1. The van der Waals surface area contributed by atoms with Gasteiger partial charge in [0.1, 0.15) is 24.0 Å². The van der Waals surface area contributed by atoms with E-state index in [-0.39, 0.29) is 5.75 Å². The van der Waals surface area contributed by atoms with Gasteiger partial charge in [-0.2, -0.15) is 5.09 Å². The fourth-order valence-electron chi connectivity index (χ4n) is 3.49. The van der Waals surface area contributed by atoms with Crippen LogP contribution >= 0.6 is 7.75 Å². The van der Waals surface area contributed by atoms with Crippen LogP contribution in [0.25, 0.3) is 0 Å². The predicted octanol–water partition coefficient (Wildman–Crippen LogP) is 1.66. The summed E-state index contributed by atoms with van der Waals surface area (Å²) in [5, 5.41) is 13.0. The summed E-state index contributed by atoms with van der Waals surface area (Å²) in [6, 6.07) is 7.81. The maximum atomic E-state index is 15.4. The van der Waals surface area contributed by atoms with E-state index in [1.54, 1.807) is 32.0 Å². The van der Waals surface area contributed by atoms with Crippen LogP contribution in [0.4, 0.5) is 4.39 Å². The first kappa shape index (κ1) is 27.8. The number of aliphatic hydroxyl groups is 1. The number of ether oxygens (including phenoxy) is 2. The van der Waals surface area contributed by atoms with Gasteiger partial charge in [0.05, 0.1) is 12.7 Å². The molecule has 3 N–H and O–H groups in total. The zero-order chi connectivity index (χ0) is 26.7. The van der Waals surface area contributed by atoms with Crippen LogP contribution in [0.1, 0.15) is 33.9 Å². The number of aromatic nitrogens is 2. The number of carbonyl (C=O) groups is 1. The average molecular weight is 529 g/mol. The lowest BCUT2D eigenvalue weighted by Gasteiger charge is -2.25. The number of aliphatic hydroxyl groups excluding tert-OH is 1. The van der Waals surface area contributed by atoms with Gasteiger partial charge in [0.15, 0.2) is 11.9 Å². The second-order valence-corrected chi connectivity index (χ2v) is 10.3. The molecule has 1 fully saturated rings. The quantitative estimate of drug-likeness (QED) is 0.305. The number of hydrogen-bond donors (Lipinski definition) is 3. The van der Waals surface area contributed by atoms with Gasteiger partial charge in [0.25, 0.3) is 5.56 Å². The molecule has 0 radical (unpaired) electrons. The Kier molecular flexibility index (Phi) is 8.52. The van der Waals surface area contributed by atoms with Crippen molar-refractivity contribution in [3.8, 4) is 5.75 Å². The summed E-state index contributed by atoms with van der Waals surface area (Å²) in [5.41, 5.74) is -4.38. The fourth-order valence-corrected chi connectivity index (χ4v) is 4.99. The Labute approximate surface area is 205 Å². The lowest BCUT2D eigenvalue weighted by molar-refractivity contribution is -0.149. The number of alkyl halides is 1. The van der Waals surface area contributed by atoms with Crippen molar-refractivity contribution in [1.82, 2.24) is 14.6 Å². The normalized spacial score (nSPS) is 26.4. The SMILES string of the molecule is CC(C)OC(=O)[C@H](C)N[P@@](=O)(OC[C@H]1O[C@@H](n2c(=O)cc[nH]c2=O)[C@](C)(F)[C@@H]1O)Oc1ccccc1. The summed E-state index contributed by atoms with van der Waals surface area (Å²) in [5.74, 6) is -0.581. The molecule has 36 heavy (non-hydrogen) atoms. The van der Waals surface area contributed by atoms with Crippen molar-refractivity contribution in [3.63, 3.8) is 0 Å². The van der Waals surface area contributed by atoms with Gasteiger partial charge in [-0.25, -0.2) is 18.3 Å². The molecule has 0 bridgehead atoms. The molecule has 0 spiro atoms. The van der Waals surface area contributed by atoms with E-state index in [1.807, 2.05) is 0 Å². The Morgan fingerprint density at radius 3 is 2.56 bits per heavy atom. The Hall–Kier alpha value is -2.83. The molecule has 3 rings (SSSR count). The van der Waals surface area contributed by atoms with E-state index < -0.39 is 67.8 Å². The summed E-state index contributed by atoms with van der Waals surface area (Å²) >= 11 is 0. The number of H-pyrrole nitrogens is 1. The van der Waals surface area contributed by atoms with Crippen LogP contribution < -0.4 is 20.9 Å². The van der Waals surface area contributed by atoms with E-state index in [1.165, 1.54) is 19.1 Å². The topological polar surface area (TPSA) is 158 Å². The highest BCUT2D eigenvalue weighted by atomic mass is 31.2. The first-order valence-corrected chi connectivity index (χ1v) is 12.7. The molecule has 1 aliphatic heterocycles. The van der Waals surface area contributed by atoms with Crippen LogP contribution in [0.5, 0.6) is 5.75 Å². The van der Waals surface area contributed by atoms with Crippen molar-refractivity contribution in [2.24, 2.45) is 0 Å². The summed E-state index contributed by atoms with van der Waals surface area (Å²) in [6.07, 6.45) is -4.45. The molecule has 0 unspecified atom stereocenters. The minimum atomic E-state index is -4.33. The van der Waals surface area contributed by atoms with Gasteiger partial charge < -0.3 is 24.1 Å². The van der Waals surface area contributed by atoms with Crippen molar-refractivity contribution < 1.29 is 37.4 Å². The second kappa shape index (κ2) is 11.1. The molecule has 6 atom stereocenters. The molecule has 0 amide bonds. The molecular weight excluding hydrogens is 500 g/mol. The van der Waals surface area contributed by atoms with E-state index in [4.69, 9.17) is 18.5 Å². The summed E-state index contributed by atoms with van der Waals surface area (Å²) < 4.78 is 51.0. The molecule has 14 heteroatoms. The molecule has 1 aliphatic rings. The standard InChI is InChI=1S/C22H29FN3O9P/c1-13(2)33-19(29)14(3)25-36(31,35-15-8-6-5-7-9-15)32-12-16-18(28)22(4,23)20(34-16)26-17(27)10-11-24-21(26)30/h5-11,13-14,16,18,20,28H,12H2,1-4H3,(H,24,30)(H,25,31)/t14-,16+,18+,20+,22+,36+/m0/s1. The van der Waals surface area contributed by atoms with Crippen molar-refractivity contribution >= 4 is 13.7 Å². The number of esters is 1. The zero-order valence-electron chi connectivity index (χ0n) is 20.1. The third-order valence-corrected chi connectivity index (χ3v) is 6.92. The molecule has 1 saturated heterocycles. The van der Waals surface area contributed by atoms with Crippen molar-refractivity contribution in [3.05, 3.63) is 63.4 Å². The molecule has 198 valence electrons. The summed E-state index contributed by atoms with van der Waals surface area (Å²) in [7, 11) is -4.33. The minimum absolute atomic E-state index is 0.140. The number of rotatable bonds is 10. The molecule has 12 nitrogen and oxygen atoms in total. The number of hydrogen-bond acceptors (Lipinski definition) is 9. The third-order valence-electron chi connectivity index (χ3n) is 5.28. The van der Waals surface area contributed by atoms with E-state index in [0.717, 1.165) is 19.2 Å². The number of halogens is 1. The number of nitrogens with zero attached hydrogens (tertiary/aromatic N) is 1. The monoisotopic (exact) mass is 529 g/mol. The fraction of sp³-hybridized carbons (Fsp3) is 0.500. The van der Waals surface area contributed by atoms with Gasteiger partial charge >= 0.3 is 19.4 Å². The van der Waals surface area contributed by atoms with Crippen LogP contribution in [0.15, 0.2) is 52.2 Å². The predicted molar refractivity (Wildman–Crippen MR) is 125 cm³/mol. The average Bonchev–Trinajstić information content (AvgIpc) is 3.01. The molecule has 1 aromatic heterocycles. The zero-order valence-corrected chi connectivity index (χ0v) is 21.0. The summed E-state index contributed by atoms with van der Waals surface area (Å²) in [6.45, 7) is 4.96. The van der Waals surface area contributed by atoms with Crippen molar-refractivity contribution in [2.75, 3.05) is 6.61 Å². The maximum Gasteiger partial charge on any atom is 0.459 e. The largest absolute Gasteiger partial charge is 0.462 e. The van der Waals surface area contributed by atoms with Crippen molar-refractivity contribution in [1.29, 1.82) is 0 Å². The number of carbonyl (C=O) groups excluding carboxylic acids is 1. The Morgan fingerprint density at radius 2 is 1.94 bits per heavy atom. The molecule has 0 aliphatic carbocycles.